The minimum absolute atomic E-state index is 0.1000. The Bertz CT molecular complexity index is 653. The number of hydrazine groups is 1. The minimum atomic E-state index is -0.526. The molecule has 0 unspecified atom stereocenters. The van der Waals surface area contributed by atoms with Gasteiger partial charge in [-0.2, -0.15) is 0 Å². The molecule has 1 aromatic carbocycles. The van der Waals surface area contributed by atoms with Gasteiger partial charge in [0.1, 0.15) is 12.0 Å². The van der Waals surface area contributed by atoms with Crippen LogP contribution in [0.3, 0.4) is 0 Å². The summed E-state index contributed by atoms with van der Waals surface area (Å²) in [6, 6.07) is 9.94. The van der Waals surface area contributed by atoms with E-state index in [0.29, 0.717) is 11.4 Å². The quantitative estimate of drug-likeness (QED) is 0.686. The van der Waals surface area contributed by atoms with Crippen molar-refractivity contribution in [1.29, 1.82) is 0 Å². The maximum atomic E-state index is 12.0. The van der Waals surface area contributed by atoms with Gasteiger partial charge in [-0.1, -0.05) is 17.7 Å². The topological polar surface area (TPSA) is 88.4 Å². The smallest absolute Gasteiger partial charge is 0.271 e. The van der Waals surface area contributed by atoms with Crippen LogP contribution in [-0.4, -0.2) is 22.9 Å². The summed E-state index contributed by atoms with van der Waals surface area (Å²) in [4.78, 5) is 26.0. The van der Waals surface area contributed by atoms with Gasteiger partial charge in [0.05, 0.1) is 4.92 Å². The molecule has 0 saturated heterocycles. The van der Waals surface area contributed by atoms with Crippen LogP contribution in [0.15, 0.2) is 42.6 Å². The highest BCUT2D eigenvalue weighted by Gasteiger charge is 2.11. The van der Waals surface area contributed by atoms with E-state index in [1.165, 1.54) is 17.1 Å². The minimum Gasteiger partial charge on any atom is -0.271 e. The van der Waals surface area contributed by atoms with Crippen molar-refractivity contribution in [3.8, 4) is 0 Å². The fourth-order valence-electron chi connectivity index (χ4n) is 1.66. The molecule has 21 heavy (non-hydrogen) atoms. The van der Waals surface area contributed by atoms with Crippen molar-refractivity contribution in [2.75, 3.05) is 12.1 Å². The summed E-state index contributed by atoms with van der Waals surface area (Å²) in [7, 11) is 1.61. The highest BCUT2D eigenvalue weighted by Crippen LogP contribution is 2.13. The average Bonchev–Trinajstić information content (AvgIpc) is 2.47. The Morgan fingerprint density at radius 2 is 1.90 bits per heavy atom. The Morgan fingerprint density at radius 3 is 2.43 bits per heavy atom. The Morgan fingerprint density at radius 1 is 1.24 bits per heavy atom. The zero-order chi connectivity index (χ0) is 15.4. The number of hydrogen-bond acceptors (Lipinski definition) is 5. The van der Waals surface area contributed by atoms with Gasteiger partial charge in [0, 0.05) is 18.7 Å². The fraction of sp³-hybridized carbons (Fsp3) is 0.143. The van der Waals surface area contributed by atoms with Gasteiger partial charge in [-0.15, -0.1) is 0 Å². The predicted octanol–water partition coefficient (Wildman–Crippen LogP) is 2.08. The molecule has 2 aromatic rings. The standard InChI is InChI=1S/C14H14N4O3/c1-10-3-5-11(6-4-10)14(19)16-17(2)13-8-7-12(9-15-13)18(20)21/h3-9H,1-2H3,(H,16,19). The van der Waals surface area contributed by atoms with Crippen LogP contribution in [-0.2, 0) is 0 Å². The van der Waals surface area contributed by atoms with Crippen LogP contribution in [0.25, 0.3) is 0 Å². The highest BCUT2D eigenvalue weighted by molar-refractivity contribution is 5.95. The molecule has 1 aromatic heterocycles. The van der Waals surface area contributed by atoms with E-state index in [2.05, 4.69) is 10.4 Å². The van der Waals surface area contributed by atoms with E-state index < -0.39 is 4.92 Å². The molecule has 0 bridgehead atoms. The van der Waals surface area contributed by atoms with Crippen molar-refractivity contribution in [2.24, 2.45) is 0 Å². The summed E-state index contributed by atoms with van der Waals surface area (Å²) < 4.78 is 0. The number of pyridine rings is 1. The molecule has 0 fully saturated rings. The number of nitrogens with one attached hydrogen (secondary N) is 1. The van der Waals surface area contributed by atoms with Crippen LogP contribution in [0.1, 0.15) is 15.9 Å². The molecule has 7 heteroatoms. The number of rotatable bonds is 4. The van der Waals surface area contributed by atoms with Crippen LogP contribution >= 0.6 is 0 Å². The van der Waals surface area contributed by atoms with E-state index in [1.54, 1.807) is 19.2 Å². The first-order chi connectivity index (χ1) is 9.97. The second-order valence-electron chi connectivity index (χ2n) is 4.50. The summed E-state index contributed by atoms with van der Waals surface area (Å²) in [5, 5.41) is 12.0. The molecule has 0 saturated carbocycles. The van der Waals surface area contributed by atoms with Crippen molar-refractivity contribution in [3.63, 3.8) is 0 Å². The molecule has 108 valence electrons. The largest absolute Gasteiger partial charge is 0.287 e. The maximum Gasteiger partial charge on any atom is 0.287 e. The molecule has 1 N–H and O–H groups in total. The first-order valence-corrected chi connectivity index (χ1v) is 6.19. The zero-order valence-corrected chi connectivity index (χ0v) is 11.6. The lowest BCUT2D eigenvalue weighted by atomic mass is 10.1. The molecular formula is C14H14N4O3. The third-order valence-electron chi connectivity index (χ3n) is 2.87. The van der Waals surface area contributed by atoms with E-state index in [9.17, 15) is 14.9 Å². The van der Waals surface area contributed by atoms with Gasteiger partial charge in [-0.25, -0.2) is 4.98 Å². The van der Waals surface area contributed by atoms with Crippen LogP contribution in [0.4, 0.5) is 11.5 Å². The SMILES string of the molecule is Cc1ccc(C(=O)NN(C)c2ccc([N+](=O)[O-])cn2)cc1. The van der Waals surface area contributed by atoms with E-state index in [4.69, 9.17) is 0 Å². The first kappa shape index (κ1) is 14.4. The molecule has 2 rings (SSSR count). The maximum absolute atomic E-state index is 12.0. The third-order valence-corrected chi connectivity index (χ3v) is 2.87. The molecule has 1 amide bonds. The molecule has 0 aliphatic heterocycles. The lowest BCUT2D eigenvalue weighted by molar-refractivity contribution is -0.385. The Balaban J connectivity index is 2.06. The monoisotopic (exact) mass is 286 g/mol. The summed E-state index contributed by atoms with van der Waals surface area (Å²) >= 11 is 0. The van der Waals surface area contributed by atoms with Gasteiger partial charge in [-0.3, -0.25) is 25.3 Å². The summed E-state index contributed by atoms with van der Waals surface area (Å²) in [6.45, 7) is 1.94. The van der Waals surface area contributed by atoms with Gasteiger partial charge in [0.2, 0.25) is 0 Å². The predicted molar refractivity (Wildman–Crippen MR) is 77.9 cm³/mol. The molecule has 7 nitrogen and oxygen atoms in total. The number of anilines is 1. The Hall–Kier alpha value is -2.96. The zero-order valence-electron chi connectivity index (χ0n) is 11.6. The number of benzene rings is 1. The van der Waals surface area contributed by atoms with Crippen LogP contribution in [0, 0.1) is 17.0 Å². The second-order valence-corrected chi connectivity index (χ2v) is 4.50. The van der Waals surface area contributed by atoms with Gasteiger partial charge >= 0.3 is 0 Å². The summed E-state index contributed by atoms with van der Waals surface area (Å²) in [5.74, 6) is 0.124. The molecule has 0 atom stereocenters. The molecule has 0 aliphatic carbocycles. The average molecular weight is 286 g/mol. The van der Waals surface area contributed by atoms with Crippen LogP contribution in [0.2, 0.25) is 0 Å². The number of nitrogens with zero attached hydrogens (tertiary/aromatic N) is 3. The van der Waals surface area contributed by atoms with Crippen molar-refractivity contribution in [1.82, 2.24) is 10.4 Å². The second kappa shape index (κ2) is 6.00. The molecule has 0 spiro atoms. The van der Waals surface area contributed by atoms with E-state index in [1.807, 2.05) is 19.1 Å². The number of hydrogen-bond donors (Lipinski definition) is 1. The van der Waals surface area contributed by atoms with E-state index in [-0.39, 0.29) is 11.6 Å². The fourth-order valence-corrected chi connectivity index (χ4v) is 1.66. The van der Waals surface area contributed by atoms with Gasteiger partial charge < -0.3 is 0 Å². The number of aromatic nitrogens is 1. The van der Waals surface area contributed by atoms with Crippen molar-refractivity contribution in [3.05, 3.63) is 63.8 Å². The molecular weight excluding hydrogens is 272 g/mol. The van der Waals surface area contributed by atoms with Gasteiger partial charge in [0.15, 0.2) is 0 Å². The van der Waals surface area contributed by atoms with Gasteiger partial charge in [0.25, 0.3) is 11.6 Å². The lowest BCUT2D eigenvalue weighted by Gasteiger charge is -2.18. The van der Waals surface area contributed by atoms with E-state index >= 15 is 0 Å². The molecule has 1 heterocycles. The van der Waals surface area contributed by atoms with Crippen molar-refractivity contribution >= 4 is 17.4 Å². The normalized spacial score (nSPS) is 10.0. The summed E-state index contributed by atoms with van der Waals surface area (Å²) in [5.41, 5.74) is 4.13. The van der Waals surface area contributed by atoms with Crippen molar-refractivity contribution in [2.45, 2.75) is 6.92 Å². The number of amides is 1. The van der Waals surface area contributed by atoms with E-state index in [0.717, 1.165) is 11.8 Å². The van der Waals surface area contributed by atoms with Crippen molar-refractivity contribution < 1.29 is 9.72 Å². The first-order valence-electron chi connectivity index (χ1n) is 6.19. The van der Waals surface area contributed by atoms with Gasteiger partial charge in [-0.05, 0) is 25.1 Å². The van der Waals surface area contributed by atoms with Crippen LogP contribution in [0.5, 0.6) is 0 Å². The molecule has 0 aliphatic rings. The third kappa shape index (κ3) is 3.53. The number of aryl methyl sites for hydroxylation is 1. The summed E-state index contributed by atoms with van der Waals surface area (Å²) in [6.07, 6.45) is 1.14. The number of carbonyl (C=O) groups excluding carboxylic acids is 1. The number of nitro groups is 1. The Kier molecular flexibility index (Phi) is 4.13. The number of carbonyl (C=O) groups is 1. The molecule has 0 radical (unpaired) electrons. The highest BCUT2D eigenvalue weighted by atomic mass is 16.6. The lowest BCUT2D eigenvalue weighted by Crippen LogP contribution is -2.39. The van der Waals surface area contributed by atoms with Crippen LogP contribution < -0.4 is 10.4 Å². The Labute approximate surface area is 121 Å².